The summed E-state index contributed by atoms with van der Waals surface area (Å²) in [6, 6.07) is 3.03. The van der Waals surface area contributed by atoms with E-state index >= 15 is 0 Å². The molecule has 1 aromatic carbocycles. The first-order valence-corrected chi connectivity index (χ1v) is 11.0. The number of esters is 1. The quantitative estimate of drug-likeness (QED) is 0.127. The van der Waals surface area contributed by atoms with Crippen LogP contribution >= 0.6 is 0 Å². The summed E-state index contributed by atoms with van der Waals surface area (Å²) in [6.07, 6.45) is 9.65. The summed E-state index contributed by atoms with van der Waals surface area (Å²) in [7, 11) is 1.47. The van der Waals surface area contributed by atoms with Crippen molar-refractivity contribution in [2.75, 3.05) is 7.11 Å². The maximum Gasteiger partial charge on any atom is 0.342 e. The topological polar surface area (TPSA) is 109 Å². The van der Waals surface area contributed by atoms with Crippen molar-refractivity contribution in [1.29, 1.82) is 0 Å². The Kier molecular flexibility index (Phi) is 9.94. The number of aliphatic hydroxyl groups excluding tert-OH is 1. The first-order valence-electron chi connectivity index (χ1n) is 11.0. The van der Waals surface area contributed by atoms with Crippen molar-refractivity contribution in [1.82, 2.24) is 0 Å². The Bertz CT molecular complexity index is 716. The molecule has 0 saturated carbocycles. The van der Waals surface area contributed by atoms with Gasteiger partial charge in [-0.05, 0) is 51.5 Å². The minimum absolute atomic E-state index is 0.0779. The number of methoxy groups -OCH3 is 1. The fourth-order valence-corrected chi connectivity index (χ4v) is 3.86. The molecule has 1 aliphatic rings. The molecule has 1 heterocycles. The van der Waals surface area contributed by atoms with Gasteiger partial charge in [-0.3, -0.25) is 0 Å². The van der Waals surface area contributed by atoms with E-state index in [4.69, 9.17) is 14.7 Å². The van der Waals surface area contributed by atoms with Crippen LogP contribution in [0.3, 0.4) is 0 Å². The molecule has 1 aromatic rings. The summed E-state index contributed by atoms with van der Waals surface area (Å²) in [5.74, 6) is 0.0537. The minimum atomic E-state index is -0.383. The number of hydrogen-bond acceptors (Lipinski definition) is 7. The monoisotopic (exact) mass is 421 g/mol. The first kappa shape index (κ1) is 24.0. The number of carbonyl (C=O) groups is 1. The number of oxime groups is 1. The van der Waals surface area contributed by atoms with E-state index in [1.54, 1.807) is 13.0 Å². The number of aromatic hydroxyl groups is 1. The molecule has 0 bridgehead atoms. The van der Waals surface area contributed by atoms with Gasteiger partial charge in [0.05, 0.1) is 18.9 Å². The second-order valence-corrected chi connectivity index (χ2v) is 8.07. The number of hydrogen-bond donors (Lipinski definition) is 3. The molecule has 0 spiro atoms. The molecule has 0 radical (unpaired) electrons. The van der Waals surface area contributed by atoms with Crippen LogP contribution in [0.15, 0.2) is 17.3 Å². The molecule has 2 rings (SSSR count). The van der Waals surface area contributed by atoms with E-state index < -0.39 is 0 Å². The van der Waals surface area contributed by atoms with Crippen LogP contribution in [0.4, 0.5) is 0 Å². The van der Waals surface area contributed by atoms with Gasteiger partial charge in [-0.2, -0.15) is 0 Å². The molecule has 0 fully saturated rings. The van der Waals surface area contributed by atoms with Crippen LogP contribution in [0.1, 0.15) is 99.6 Å². The van der Waals surface area contributed by atoms with Crippen molar-refractivity contribution < 1.29 is 29.7 Å². The highest BCUT2D eigenvalue weighted by molar-refractivity contribution is 5.97. The van der Waals surface area contributed by atoms with Gasteiger partial charge < -0.3 is 24.9 Å². The Morgan fingerprint density at radius 1 is 1.13 bits per heavy atom. The van der Waals surface area contributed by atoms with Crippen LogP contribution in [-0.2, 0) is 4.74 Å². The molecule has 0 aliphatic carbocycles. The number of unbranched alkanes of at least 4 members (excludes halogenated alkanes) is 6. The normalized spacial score (nSPS) is 17.0. The van der Waals surface area contributed by atoms with Crippen molar-refractivity contribution in [3.05, 3.63) is 23.3 Å². The molecule has 1 aliphatic heterocycles. The third-order valence-electron chi connectivity index (χ3n) is 5.56. The van der Waals surface area contributed by atoms with Gasteiger partial charge in [-0.25, -0.2) is 4.79 Å². The highest BCUT2D eigenvalue weighted by Gasteiger charge is 2.34. The number of nitrogens with zero attached hydrogens (tertiary/aromatic N) is 1. The lowest BCUT2D eigenvalue weighted by atomic mass is 9.98. The lowest BCUT2D eigenvalue weighted by Crippen LogP contribution is -2.05. The Morgan fingerprint density at radius 3 is 2.43 bits per heavy atom. The number of phenolic OH excluding ortho intramolecular Hbond substituents is 1. The molecule has 0 aromatic heterocycles. The van der Waals surface area contributed by atoms with E-state index in [0.717, 1.165) is 63.5 Å². The number of phenols is 1. The third kappa shape index (κ3) is 7.20. The van der Waals surface area contributed by atoms with E-state index in [0.29, 0.717) is 29.7 Å². The fourth-order valence-electron chi connectivity index (χ4n) is 3.86. The molecule has 3 N–H and O–H groups in total. The van der Waals surface area contributed by atoms with Crippen LogP contribution in [0, 0.1) is 0 Å². The second-order valence-electron chi connectivity index (χ2n) is 8.07. The summed E-state index contributed by atoms with van der Waals surface area (Å²) < 4.78 is 10.7. The van der Waals surface area contributed by atoms with Crippen molar-refractivity contribution >= 4 is 11.7 Å². The van der Waals surface area contributed by atoms with E-state index in [1.807, 2.05) is 0 Å². The summed E-state index contributed by atoms with van der Waals surface area (Å²) in [4.78, 5) is 12.1. The molecule has 0 amide bonds. The standard InChI is InChI=1S/C23H35NO6/c1-16(25)12-13-17(24-28)10-8-6-4-3-5-7-9-11-20-19-14-18(26)15-21(29-2)22(19)23(27)30-20/h14-16,20,25-26,28H,3-13H2,1-2H3. The summed E-state index contributed by atoms with van der Waals surface area (Å²) in [5.41, 5.74) is 1.92. The molecular formula is C23H35NO6. The van der Waals surface area contributed by atoms with Crippen LogP contribution in [0.5, 0.6) is 11.5 Å². The summed E-state index contributed by atoms with van der Waals surface area (Å²) >= 11 is 0. The molecule has 7 nitrogen and oxygen atoms in total. The van der Waals surface area contributed by atoms with Crippen LogP contribution in [0.25, 0.3) is 0 Å². The van der Waals surface area contributed by atoms with Gasteiger partial charge in [0.25, 0.3) is 0 Å². The highest BCUT2D eigenvalue weighted by atomic mass is 16.6. The zero-order valence-corrected chi connectivity index (χ0v) is 18.1. The molecular weight excluding hydrogens is 386 g/mol. The summed E-state index contributed by atoms with van der Waals surface area (Å²) in [5, 5.41) is 31.5. The van der Waals surface area contributed by atoms with Crippen LogP contribution in [-0.4, -0.2) is 40.3 Å². The van der Waals surface area contributed by atoms with Gasteiger partial charge in [0.1, 0.15) is 23.2 Å². The molecule has 168 valence electrons. The lowest BCUT2D eigenvalue weighted by Gasteiger charge is -2.11. The number of fused-ring (bicyclic) bond motifs is 1. The van der Waals surface area contributed by atoms with Gasteiger partial charge in [0.2, 0.25) is 0 Å². The zero-order chi connectivity index (χ0) is 21.9. The number of ether oxygens (including phenoxy) is 2. The SMILES string of the molecule is COc1cc(O)cc2c1C(=O)OC2CCCCCCCCCC(CCC(C)O)=NO. The second kappa shape index (κ2) is 12.4. The molecule has 2 atom stereocenters. The van der Waals surface area contributed by atoms with Gasteiger partial charge in [0, 0.05) is 11.6 Å². The maximum absolute atomic E-state index is 12.1. The van der Waals surface area contributed by atoms with E-state index in [2.05, 4.69) is 5.16 Å². The van der Waals surface area contributed by atoms with Crippen molar-refractivity contribution in [2.24, 2.45) is 5.16 Å². The molecule has 7 heteroatoms. The Hall–Kier alpha value is -2.28. The Morgan fingerprint density at radius 2 is 1.80 bits per heavy atom. The van der Waals surface area contributed by atoms with Gasteiger partial charge >= 0.3 is 5.97 Å². The summed E-state index contributed by atoms with van der Waals surface area (Å²) in [6.45, 7) is 1.74. The number of benzene rings is 1. The van der Waals surface area contributed by atoms with Gasteiger partial charge in [0.15, 0.2) is 0 Å². The van der Waals surface area contributed by atoms with E-state index in [-0.39, 0.29) is 23.9 Å². The number of cyclic esters (lactones) is 1. The number of aliphatic hydroxyl groups is 1. The third-order valence-corrected chi connectivity index (χ3v) is 5.56. The molecule has 2 unspecified atom stereocenters. The largest absolute Gasteiger partial charge is 0.508 e. The maximum atomic E-state index is 12.1. The molecule has 30 heavy (non-hydrogen) atoms. The fraction of sp³-hybridized carbons (Fsp3) is 0.652. The van der Waals surface area contributed by atoms with Crippen molar-refractivity contribution in [3.8, 4) is 11.5 Å². The predicted octanol–water partition coefficient (Wildman–Crippen LogP) is 5.11. The lowest BCUT2D eigenvalue weighted by molar-refractivity contribution is 0.0361. The first-order chi connectivity index (χ1) is 14.5. The predicted molar refractivity (Wildman–Crippen MR) is 115 cm³/mol. The highest BCUT2D eigenvalue weighted by Crippen LogP contribution is 2.41. The average molecular weight is 422 g/mol. The number of rotatable bonds is 14. The van der Waals surface area contributed by atoms with E-state index in [1.165, 1.54) is 13.2 Å². The van der Waals surface area contributed by atoms with Crippen molar-refractivity contribution in [2.45, 2.75) is 89.8 Å². The van der Waals surface area contributed by atoms with Crippen LogP contribution in [0.2, 0.25) is 0 Å². The molecule has 0 saturated heterocycles. The zero-order valence-electron chi connectivity index (χ0n) is 18.1. The van der Waals surface area contributed by atoms with Crippen molar-refractivity contribution in [3.63, 3.8) is 0 Å². The Labute approximate surface area is 178 Å². The minimum Gasteiger partial charge on any atom is -0.508 e. The average Bonchev–Trinajstić information content (AvgIpc) is 3.03. The van der Waals surface area contributed by atoms with E-state index in [9.17, 15) is 15.0 Å². The Balaban J connectivity index is 1.59. The van der Waals surface area contributed by atoms with Gasteiger partial charge in [-0.1, -0.05) is 37.3 Å². The van der Waals surface area contributed by atoms with Crippen LogP contribution < -0.4 is 4.74 Å². The number of carbonyl (C=O) groups excluding carboxylic acids is 1. The van der Waals surface area contributed by atoms with Gasteiger partial charge in [-0.15, -0.1) is 0 Å². The smallest absolute Gasteiger partial charge is 0.342 e.